The van der Waals surface area contributed by atoms with Gasteiger partial charge in [0.2, 0.25) is 5.91 Å². The summed E-state index contributed by atoms with van der Waals surface area (Å²) in [5.41, 5.74) is 1.86. The molecule has 1 saturated heterocycles. The molecule has 0 aromatic heterocycles. The molecule has 5 heteroatoms. The van der Waals surface area contributed by atoms with E-state index >= 15 is 0 Å². The van der Waals surface area contributed by atoms with Crippen molar-refractivity contribution < 1.29 is 14.3 Å². The molecule has 1 amide bonds. The second-order valence-electron chi connectivity index (χ2n) is 5.74. The Labute approximate surface area is 142 Å². The molecule has 0 atom stereocenters. The van der Waals surface area contributed by atoms with Crippen LogP contribution in [-0.2, 0) is 16.1 Å². The van der Waals surface area contributed by atoms with Crippen molar-refractivity contribution in [2.45, 2.75) is 6.61 Å². The molecule has 3 rings (SSSR count). The van der Waals surface area contributed by atoms with Gasteiger partial charge < -0.3 is 14.8 Å². The summed E-state index contributed by atoms with van der Waals surface area (Å²) in [6.07, 6.45) is 0. The third-order valence-electron chi connectivity index (χ3n) is 3.84. The smallest absolute Gasteiger partial charge is 0.238 e. The van der Waals surface area contributed by atoms with Crippen LogP contribution in [0, 0.1) is 0 Å². The second kappa shape index (κ2) is 8.47. The summed E-state index contributed by atoms with van der Waals surface area (Å²) < 4.78 is 11.1. The fraction of sp³-hybridized carbons (Fsp3) is 0.316. The van der Waals surface area contributed by atoms with Crippen molar-refractivity contribution in [3.05, 3.63) is 60.2 Å². The van der Waals surface area contributed by atoms with Crippen LogP contribution in [-0.4, -0.2) is 43.7 Å². The van der Waals surface area contributed by atoms with Crippen LogP contribution in [0.2, 0.25) is 0 Å². The topological polar surface area (TPSA) is 50.8 Å². The lowest BCUT2D eigenvalue weighted by molar-refractivity contribution is -0.118. The van der Waals surface area contributed by atoms with Gasteiger partial charge in [0.05, 0.1) is 19.8 Å². The van der Waals surface area contributed by atoms with Crippen LogP contribution in [0.3, 0.4) is 0 Å². The number of hydrogen-bond donors (Lipinski definition) is 1. The summed E-state index contributed by atoms with van der Waals surface area (Å²) in [5, 5.41) is 2.93. The molecule has 0 spiro atoms. The van der Waals surface area contributed by atoms with Crippen LogP contribution in [0.4, 0.5) is 5.69 Å². The van der Waals surface area contributed by atoms with Gasteiger partial charge in [0.15, 0.2) is 0 Å². The molecule has 1 aliphatic rings. The van der Waals surface area contributed by atoms with Gasteiger partial charge in [-0.15, -0.1) is 0 Å². The largest absolute Gasteiger partial charge is 0.489 e. The van der Waals surface area contributed by atoms with Gasteiger partial charge in [0.25, 0.3) is 0 Å². The van der Waals surface area contributed by atoms with E-state index < -0.39 is 0 Å². The maximum absolute atomic E-state index is 12.1. The molecule has 2 aromatic carbocycles. The zero-order valence-corrected chi connectivity index (χ0v) is 13.6. The summed E-state index contributed by atoms with van der Waals surface area (Å²) in [6.45, 7) is 3.87. The molecule has 0 bridgehead atoms. The monoisotopic (exact) mass is 326 g/mol. The van der Waals surface area contributed by atoms with Crippen molar-refractivity contribution in [3.8, 4) is 5.75 Å². The number of carbonyl (C=O) groups excluding carboxylic acids is 1. The lowest BCUT2D eigenvalue weighted by Crippen LogP contribution is -2.41. The van der Waals surface area contributed by atoms with Crippen LogP contribution >= 0.6 is 0 Å². The van der Waals surface area contributed by atoms with Crippen molar-refractivity contribution in [1.82, 2.24) is 4.90 Å². The summed E-state index contributed by atoms with van der Waals surface area (Å²) in [4.78, 5) is 14.2. The Morgan fingerprint density at radius 1 is 1.08 bits per heavy atom. The second-order valence-corrected chi connectivity index (χ2v) is 5.74. The molecule has 1 fully saturated rings. The lowest BCUT2D eigenvalue weighted by Gasteiger charge is -2.25. The van der Waals surface area contributed by atoms with Gasteiger partial charge in [-0.3, -0.25) is 9.69 Å². The molecule has 1 heterocycles. The molecule has 24 heavy (non-hydrogen) atoms. The number of carbonyl (C=O) groups is 1. The van der Waals surface area contributed by atoms with Gasteiger partial charge in [-0.2, -0.15) is 0 Å². The van der Waals surface area contributed by atoms with Crippen LogP contribution in [0.15, 0.2) is 54.6 Å². The van der Waals surface area contributed by atoms with Gasteiger partial charge in [-0.05, 0) is 17.7 Å². The molecule has 1 aliphatic heterocycles. The Kier molecular flexibility index (Phi) is 5.82. The minimum Gasteiger partial charge on any atom is -0.489 e. The van der Waals surface area contributed by atoms with Crippen LogP contribution in [0.1, 0.15) is 5.56 Å². The van der Waals surface area contributed by atoms with Crippen molar-refractivity contribution in [2.24, 2.45) is 0 Å². The zero-order valence-electron chi connectivity index (χ0n) is 13.6. The van der Waals surface area contributed by atoms with Crippen molar-refractivity contribution in [2.75, 3.05) is 38.2 Å². The Morgan fingerprint density at radius 2 is 1.88 bits per heavy atom. The Morgan fingerprint density at radius 3 is 2.67 bits per heavy atom. The highest BCUT2D eigenvalue weighted by molar-refractivity contribution is 5.92. The summed E-state index contributed by atoms with van der Waals surface area (Å²) >= 11 is 0. The molecule has 0 aliphatic carbocycles. The summed E-state index contributed by atoms with van der Waals surface area (Å²) in [5.74, 6) is 0.722. The Bertz CT molecular complexity index is 655. The van der Waals surface area contributed by atoms with Crippen LogP contribution < -0.4 is 10.1 Å². The molecular weight excluding hydrogens is 304 g/mol. The van der Waals surface area contributed by atoms with E-state index in [0.717, 1.165) is 30.1 Å². The number of anilines is 1. The third-order valence-corrected chi connectivity index (χ3v) is 3.84. The average molecular weight is 326 g/mol. The molecule has 2 aromatic rings. The van der Waals surface area contributed by atoms with Gasteiger partial charge in [-0.1, -0.05) is 36.4 Å². The fourth-order valence-corrected chi connectivity index (χ4v) is 2.57. The van der Waals surface area contributed by atoms with Gasteiger partial charge in [0.1, 0.15) is 12.4 Å². The maximum atomic E-state index is 12.1. The number of nitrogens with zero attached hydrogens (tertiary/aromatic N) is 1. The molecular formula is C19H22N2O3. The van der Waals surface area contributed by atoms with E-state index in [-0.39, 0.29) is 5.91 Å². The van der Waals surface area contributed by atoms with Crippen LogP contribution in [0.5, 0.6) is 5.75 Å². The zero-order chi connectivity index (χ0) is 16.6. The predicted molar refractivity (Wildman–Crippen MR) is 93.1 cm³/mol. The SMILES string of the molecule is O=C(CN1CCOCC1)Nc1cccc(OCc2ccccc2)c1. The van der Waals surface area contributed by atoms with E-state index in [4.69, 9.17) is 9.47 Å². The van der Waals surface area contributed by atoms with Crippen molar-refractivity contribution in [1.29, 1.82) is 0 Å². The quantitative estimate of drug-likeness (QED) is 0.886. The first-order chi connectivity index (χ1) is 11.8. The normalized spacial score (nSPS) is 15.0. The van der Waals surface area contributed by atoms with Crippen molar-refractivity contribution in [3.63, 3.8) is 0 Å². The Balaban J connectivity index is 1.51. The lowest BCUT2D eigenvalue weighted by atomic mass is 10.2. The molecule has 0 radical (unpaired) electrons. The Hall–Kier alpha value is -2.37. The highest BCUT2D eigenvalue weighted by atomic mass is 16.5. The number of rotatable bonds is 6. The molecule has 0 saturated carbocycles. The first-order valence-corrected chi connectivity index (χ1v) is 8.16. The first kappa shape index (κ1) is 16.5. The van der Waals surface area contributed by atoms with E-state index in [9.17, 15) is 4.79 Å². The van der Waals surface area contributed by atoms with E-state index in [1.807, 2.05) is 54.6 Å². The fourth-order valence-electron chi connectivity index (χ4n) is 2.57. The molecule has 126 valence electrons. The summed E-state index contributed by atoms with van der Waals surface area (Å²) in [6, 6.07) is 17.5. The first-order valence-electron chi connectivity index (χ1n) is 8.16. The minimum absolute atomic E-state index is 0.0166. The summed E-state index contributed by atoms with van der Waals surface area (Å²) in [7, 11) is 0. The number of ether oxygens (including phenoxy) is 2. The highest BCUT2D eigenvalue weighted by Crippen LogP contribution is 2.18. The number of nitrogens with one attached hydrogen (secondary N) is 1. The molecule has 0 unspecified atom stereocenters. The number of benzene rings is 2. The van der Waals surface area contributed by atoms with E-state index in [2.05, 4.69) is 10.2 Å². The van der Waals surface area contributed by atoms with E-state index in [0.29, 0.717) is 26.4 Å². The number of amides is 1. The molecule has 5 nitrogen and oxygen atoms in total. The minimum atomic E-state index is -0.0166. The number of hydrogen-bond acceptors (Lipinski definition) is 4. The average Bonchev–Trinajstić information content (AvgIpc) is 2.62. The standard InChI is InChI=1S/C19H22N2O3/c22-19(14-21-9-11-23-12-10-21)20-17-7-4-8-18(13-17)24-15-16-5-2-1-3-6-16/h1-8,13H,9-12,14-15H2,(H,20,22). The van der Waals surface area contributed by atoms with Crippen LogP contribution in [0.25, 0.3) is 0 Å². The van der Waals surface area contributed by atoms with Gasteiger partial charge in [0, 0.05) is 24.8 Å². The van der Waals surface area contributed by atoms with E-state index in [1.54, 1.807) is 0 Å². The molecule has 1 N–H and O–H groups in total. The third kappa shape index (κ3) is 5.08. The van der Waals surface area contributed by atoms with Crippen molar-refractivity contribution >= 4 is 11.6 Å². The highest BCUT2D eigenvalue weighted by Gasteiger charge is 2.14. The van der Waals surface area contributed by atoms with E-state index in [1.165, 1.54) is 0 Å². The van der Waals surface area contributed by atoms with Gasteiger partial charge in [-0.25, -0.2) is 0 Å². The maximum Gasteiger partial charge on any atom is 0.238 e. The van der Waals surface area contributed by atoms with Gasteiger partial charge >= 0.3 is 0 Å². The predicted octanol–water partition coefficient (Wildman–Crippen LogP) is 2.54. The number of morpholine rings is 1.